The lowest BCUT2D eigenvalue weighted by atomic mass is 10.1. The summed E-state index contributed by atoms with van der Waals surface area (Å²) in [6, 6.07) is 12.4. The Kier molecular flexibility index (Phi) is 4.84. The predicted molar refractivity (Wildman–Crippen MR) is 101 cm³/mol. The Morgan fingerprint density at radius 2 is 1.73 bits per heavy atom. The molecule has 1 aromatic heterocycles. The molecule has 0 atom stereocenters. The Morgan fingerprint density at radius 3 is 2.38 bits per heavy atom. The number of aromatic nitrogens is 1. The zero-order valence-electron chi connectivity index (χ0n) is 14.8. The molecular weight excluding hydrogens is 352 g/mol. The maximum atomic E-state index is 12.8. The highest BCUT2D eigenvalue weighted by Gasteiger charge is 2.20. The minimum absolute atomic E-state index is 0.0899. The quantitative estimate of drug-likeness (QED) is 0.721. The van der Waals surface area contributed by atoms with Crippen LogP contribution in [0.15, 0.2) is 52.2 Å². The van der Waals surface area contributed by atoms with Gasteiger partial charge in [0, 0.05) is 17.6 Å². The number of rotatable bonds is 5. The number of para-hydroxylation sites is 1. The van der Waals surface area contributed by atoms with Crippen molar-refractivity contribution < 1.29 is 13.2 Å². The van der Waals surface area contributed by atoms with Crippen molar-refractivity contribution in [2.24, 2.45) is 0 Å². The molecule has 0 saturated carbocycles. The van der Waals surface area contributed by atoms with Crippen molar-refractivity contribution >= 4 is 20.9 Å². The summed E-state index contributed by atoms with van der Waals surface area (Å²) in [4.78, 5) is 15.2. The van der Waals surface area contributed by atoms with E-state index in [0.717, 1.165) is 5.39 Å². The molecule has 6 nitrogen and oxygen atoms in total. The van der Waals surface area contributed by atoms with E-state index in [2.05, 4.69) is 9.71 Å². The molecule has 2 aromatic carbocycles. The van der Waals surface area contributed by atoms with Gasteiger partial charge in [-0.25, -0.2) is 13.1 Å². The van der Waals surface area contributed by atoms with Crippen molar-refractivity contribution in [1.82, 2.24) is 9.71 Å². The third kappa shape index (κ3) is 3.49. The molecule has 0 bridgehead atoms. The van der Waals surface area contributed by atoms with E-state index < -0.39 is 10.0 Å². The summed E-state index contributed by atoms with van der Waals surface area (Å²) < 4.78 is 33.2. The fourth-order valence-electron chi connectivity index (χ4n) is 3.02. The van der Waals surface area contributed by atoms with Crippen LogP contribution in [-0.4, -0.2) is 20.5 Å². The van der Waals surface area contributed by atoms with E-state index in [0.29, 0.717) is 28.0 Å². The van der Waals surface area contributed by atoms with Crippen molar-refractivity contribution in [2.75, 3.05) is 7.11 Å². The first-order chi connectivity index (χ1) is 12.3. The number of aromatic amines is 1. The minimum atomic E-state index is -3.77. The van der Waals surface area contributed by atoms with E-state index in [1.54, 1.807) is 38.1 Å². The Balaban J connectivity index is 1.92. The average molecular weight is 372 g/mol. The van der Waals surface area contributed by atoms with Gasteiger partial charge in [0.15, 0.2) is 0 Å². The van der Waals surface area contributed by atoms with Crippen LogP contribution in [0.3, 0.4) is 0 Å². The highest BCUT2D eigenvalue weighted by Crippen LogP contribution is 2.25. The van der Waals surface area contributed by atoms with Crippen molar-refractivity contribution in [2.45, 2.75) is 25.3 Å². The van der Waals surface area contributed by atoms with Crippen LogP contribution in [0.25, 0.3) is 10.9 Å². The zero-order valence-corrected chi connectivity index (χ0v) is 15.6. The molecule has 0 aliphatic rings. The van der Waals surface area contributed by atoms with Crippen molar-refractivity contribution in [1.29, 1.82) is 0 Å². The molecule has 3 rings (SSSR count). The molecule has 0 unspecified atom stereocenters. The number of ether oxygens (including phenoxy) is 1. The van der Waals surface area contributed by atoms with Crippen LogP contribution < -0.4 is 15.0 Å². The summed E-state index contributed by atoms with van der Waals surface area (Å²) in [5.41, 5.74) is 1.93. The molecule has 2 N–H and O–H groups in total. The van der Waals surface area contributed by atoms with Crippen LogP contribution >= 0.6 is 0 Å². The molecule has 136 valence electrons. The average Bonchev–Trinajstić information content (AvgIpc) is 2.59. The molecule has 7 heteroatoms. The topological polar surface area (TPSA) is 88.3 Å². The third-order valence-corrected chi connectivity index (χ3v) is 5.93. The van der Waals surface area contributed by atoms with E-state index in [1.165, 1.54) is 7.11 Å². The molecule has 3 aromatic rings. The number of nitrogens with one attached hydrogen (secondary N) is 2. The number of aryl methyl sites for hydroxylation is 2. The molecule has 0 aliphatic carbocycles. The lowest BCUT2D eigenvalue weighted by Gasteiger charge is -2.13. The Labute approximate surface area is 151 Å². The number of methoxy groups -OCH3 is 1. The molecule has 0 saturated heterocycles. The van der Waals surface area contributed by atoms with E-state index in [-0.39, 0.29) is 17.0 Å². The fourth-order valence-corrected chi connectivity index (χ4v) is 4.48. The van der Waals surface area contributed by atoms with E-state index >= 15 is 0 Å². The van der Waals surface area contributed by atoms with Crippen LogP contribution in [0.5, 0.6) is 5.75 Å². The second-order valence-corrected chi connectivity index (χ2v) is 7.83. The van der Waals surface area contributed by atoms with Gasteiger partial charge in [0.25, 0.3) is 5.56 Å². The highest BCUT2D eigenvalue weighted by atomic mass is 32.2. The zero-order chi connectivity index (χ0) is 18.9. The Bertz CT molecular complexity index is 1110. The van der Waals surface area contributed by atoms with Gasteiger partial charge in [-0.2, -0.15) is 0 Å². The number of pyridine rings is 1. The molecular formula is C19H20N2O4S. The number of benzene rings is 2. The van der Waals surface area contributed by atoms with Crippen LogP contribution in [-0.2, 0) is 16.6 Å². The second-order valence-electron chi connectivity index (χ2n) is 6.13. The first kappa shape index (κ1) is 18.2. The van der Waals surface area contributed by atoms with Crippen molar-refractivity contribution in [3.05, 3.63) is 69.5 Å². The molecule has 0 radical (unpaired) electrons. The number of sulfonamides is 1. The Morgan fingerprint density at radius 1 is 1.08 bits per heavy atom. The van der Waals surface area contributed by atoms with Crippen LogP contribution in [0.2, 0.25) is 0 Å². The molecule has 0 amide bonds. The summed E-state index contributed by atoms with van der Waals surface area (Å²) in [6.45, 7) is 3.34. The van der Waals surface area contributed by atoms with Gasteiger partial charge < -0.3 is 9.72 Å². The summed E-state index contributed by atoms with van der Waals surface area (Å²) in [5, 5.41) is 0.845. The smallest absolute Gasteiger partial charge is 0.252 e. The van der Waals surface area contributed by atoms with E-state index in [1.807, 2.05) is 18.2 Å². The molecule has 0 fully saturated rings. The van der Waals surface area contributed by atoms with E-state index in [4.69, 9.17) is 4.74 Å². The molecule has 26 heavy (non-hydrogen) atoms. The highest BCUT2D eigenvalue weighted by molar-refractivity contribution is 7.89. The second kappa shape index (κ2) is 6.93. The third-order valence-electron chi connectivity index (χ3n) is 4.22. The maximum Gasteiger partial charge on any atom is 0.252 e. The number of hydrogen-bond acceptors (Lipinski definition) is 4. The fraction of sp³-hybridized carbons (Fsp3) is 0.211. The van der Waals surface area contributed by atoms with Crippen LogP contribution in [0.1, 0.15) is 16.7 Å². The summed E-state index contributed by atoms with van der Waals surface area (Å²) in [7, 11) is -2.24. The van der Waals surface area contributed by atoms with Gasteiger partial charge in [0.2, 0.25) is 10.0 Å². The van der Waals surface area contributed by atoms with Gasteiger partial charge in [0.1, 0.15) is 5.75 Å². The summed E-state index contributed by atoms with van der Waals surface area (Å²) in [5.74, 6) is 0.602. The normalized spacial score (nSPS) is 11.7. The Hall–Kier alpha value is -2.64. The maximum absolute atomic E-state index is 12.8. The van der Waals surface area contributed by atoms with Crippen LogP contribution in [0, 0.1) is 13.8 Å². The minimum Gasteiger partial charge on any atom is -0.497 e. The lowest BCUT2D eigenvalue weighted by molar-refractivity contribution is 0.413. The monoisotopic (exact) mass is 372 g/mol. The van der Waals surface area contributed by atoms with Gasteiger partial charge in [-0.3, -0.25) is 4.79 Å². The SMILES string of the molecule is COc1cc(C)c(S(=O)(=O)NCc2cc3ccccc3[nH]c2=O)c(C)c1. The van der Waals surface area contributed by atoms with Gasteiger partial charge in [0.05, 0.1) is 12.0 Å². The first-order valence-electron chi connectivity index (χ1n) is 8.07. The summed E-state index contributed by atoms with van der Waals surface area (Å²) in [6.07, 6.45) is 0. The molecule has 1 heterocycles. The molecule has 0 spiro atoms. The predicted octanol–water partition coefficient (Wildman–Crippen LogP) is 2.63. The van der Waals surface area contributed by atoms with Crippen LogP contribution in [0.4, 0.5) is 0 Å². The summed E-state index contributed by atoms with van der Waals surface area (Å²) >= 11 is 0. The van der Waals surface area contributed by atoms with Gasteiger partial charge in [-0.05, 0) is 54.6 Å². The van der Waals surface area contributed by atoms with E-state index in [9.17, 15) is 13.2 Å². The number of H-pyrrole nitrogens is 1. The van der Waals surface area contributed by atoms with Crippen molar-refractivity contribution in [3.63, 3.8) is 0 Å². The molecule has 0 aliphatic heterocycles. The number of fused-ring (bicyclic) bond motifs is 1. The van der Waals surface area contributed by atoms with Crippen molar-refractivity contribution in [3.8, 4) is 5.75 Å². The largest absolute Gasteiger partial charge is 0.497 e. The number of hydrogen-bond donors (Lipinski definition) is 2. The van der Waals surface area contributed by atoms with Gasteiger partial charge in [-0.15, -0.1) is 0 Å². The standard InChI is InChI=1S/C19H20N2O4S/c1-12-8-16(25-3)9-13(2)18(12)26(23,24)20-11-15-10-14-6-4-5-7-17(14)21-19(15)22/h4-10,20H,11H2,1-3H3,(H,21,22). The first-order valence-corrected chi connectivity index (χ1v) is 9.56. The van der Waals surface area contributed by atoms with Gasteiger partial charge >= 0.3 is 0 Å². The lowest BCUT2D eigenvalue weighted by Crippen LogP contribution is -2.28. The van der Waals surface area contributed by atoms with Gasteiger partial charge in [-0.1, -0.05) is 18.2 Å².